The van der Waals surface area contributed by atoms with Crippen LogP contribution in [0.15, 0.2) is 95.1 Å². The Kier molecular flexibility index (Phi) is 24.3. The van der Waals surface area contributed by atoms with Crippen LogP contribution in [0.3, 0.4) is 0 Å². The lowest BCUT2D eigenvalue weighted by atomic mass is 10.0. The van der Waals surface area contributed by atoms with Crippen molar-refractivity contribution in [3.8, 4) is 0 Å². The highest BCUT2D eigenvalue weighted by atomic mass is 32.7. The summed E-state index contributed by atoms with van der Waals surface area (Å²) in [7, 11) is 0. The summed E-state index contributed by atoms with van der Waals surface area (Å²) >= 11 is 30.8. The van der Waals surface area contributed by atoms with Crippen molar-refractivity contribution in [1.29, 1.82) is 0 Å². The number of alkyl halides is 2. The fourth-order valence-electron chi connectivity index (χ4n) is 17.5. The fraction of sp³-hybridized carbons (Fsp3) is 0.485. The third-order valence-electron chi connectivity index (χ3n) is 23.6. The van der Waals surface area contributed by atoms with Gasteiger partial charge in [0, 0.05) is 48.7 Å². The lowest BCUT2D eigenvalue weighted by molar-refractivity contribution is -0.183. The molecule has 0 saturated carbocycles. The normalized spacial score (nSPS) is 38.3. The number of aromatic amines is 3. The zero-order chi connectivity index (χ0) is 94.4. The van der Waals surface area contributed by atoms with E-state index >= 15 is 8.78 Å². The molecule has 11 aliphatic heterocycles. The van der Waals surface area contributed by atoms with E-state index in [0.717, 1.165) is 5.39 Å². The number of ether oxygens (including phenoxy) is 8. The van der Waals surface area contributed by atoms with Gasteiger partial charge < -0.3 is 128 Å². The molecule has 0 aliphatic carbocycles. The molecule has 28 atom stereocenters. The van der Waals surface area contributed by atoms with Gasteiger partial charge in [0.05, 0.1) is 108 Å². The van der Waals surface area contributed by atoms with Crippen LogP contribution in [0.25, 0.3) is 66.9 Å². The summed E-state index contributed by atoms with van der Waals surface area (Å²) in [5.41, 5.74) is 33.9. The number of nitrogen functional groups attached to an aromatic ring is 6. The maximum Gasteiger partial charge on any atom is 0.386 e. The molecule has 11 saturated heterocycles. The Morgan fingerprint density at radius 1 is 0.407 bits per heavy atom. The van der Waals surface area contributed by atoms with Gasteiger partial charge >= 0.3 is 40.4 Å². The van der Waals surface area contributed by atoms with Crippen molar-refractivity contribution >= 4 is 213 Å². The van der Waals surface area contributed by atoms with Crippen LogP contribution < -0.4 is 51.1 Å². The molecule has 23 heterocycles. The number of nitrogens with one attached hydrogen (secondary N) is 3. The summed E-state index contributed by atoms with van der Waals surface area (Å²) in [6.45, 7) is -27.7. The molecular formula is C66H74F2N26O29P6S6. The molecule has 11 aliphatic rings. The Balaban J connectivity index is 0.000000121. The van der Waals surface area contributed by atoms with Gasteiger partial charge in [0.1, 0.15) is 95.2 Å². The number of imidazole rings is 5. The minimum atomic E-state index is -4.29. The number of nitrogens with two attached hydrogens (primary N) is 6. The van der Waals surface area contributed by atoms with Crippen LogP contribution in [0.5, 0.6) is 0 Å². The van der Waals surface area contributed by atoms with Gasteiger partial charge in [-0.3, -0.25) is 79.3 Å². The van der Waals surface area contributed by atoms with Gasteiger partial charge in [-0.1, -0.05) is 12.2 Å². The second kappa shape index (κ2) is 35.0. The number of anilines is 6. The van der Waals surface area contributed by atoms with Crippen molar-refractivity contribution in [2.24, 2.45) is 0 Å². The van der Waals surface area contributed by atoms with Crippen molar-refractivity contribution in [3.63, 3.8) is 0 Å². The molecule has 69 heteroatoms. The second-order valence-electron chi connectivity index (χ2n) is 32.1. The number of aromatic nitrogens is 20. The van der Waals surface area contributed by atoms with Crippen LogP contribution in [0.2, 0.25) is 0 Å². The number of H-pyrrole nitrogens is 3. The van der Waals surface area contributed by atoms with E-state index in [2.05, 4.69) is 82.0 Å². The number of nitrogens with zero attached hydrogens (tertiary/aromatic N) is 17. The number of thiol groups is 1. The standard InChI is InChI=1S/2C22H24FN9O10P2S2.C22H26N8O9P2S2/c2*23-10-9-3-37-43(34,45)42-15-14-20(31-6-27-11-8(24)1-2-26-16(11)31)40-22(15,4-36-14)5-38-44(35,46)41-13(10)19(39-9)32-7-28-12-17(32)29-21(25)30-18(12)33;23-12-1-3-25-18-11(12)2-4-29(18)16-6-13-15(37-16)8-35-41(33,43)39-14-5-10(7-34-40(32,42)38-13)36-21(14)30-9-26-17-19(30)27-22(24)28-20(17)31/h2*1-2,6-7,9-10,13-15,19-20H,3-5H2,(H2,24,26)(H,34,45)(H,35,46)(H3,25,29,30,33);1-4,9-10,13-16,21H,5-8H2,(H2,23,25)(H,32,42)(H,33,43)(H3,24,27,28,31)/t2*9-,10+,13-,14-,15+,19-,20-,22-,43?,44?;10-,13-,14+,15?,16+,21+,40?,41?/m110/s1. The average Bonchev–Trinajstić information content (AvgIpc) is 1.56. The minimum absolute atomic E-state index is 0.0163. The molecule has 12 aromatic rings. The van der Waals surface area contributed by atoms with Gasteiger partial charge in [-0.05, 0) is 83.3 Å². The third-order valence-corrected chi connectivity index (χ3v) is 33.0. The molecule has 0 aromatic carbocycles. The van der Waals surface area contributed by atoms with Crippen molar-refractivity contribution in [2.45, 2.75) is 147 Å². The first-order chi connectivity index (χ1) is 64.2. The fourth-order valence-corrected chi connectivity index (χ4v) is 26.3. The molecule has 12 aromatic heterocycles. The van der Waals surface area contributed by atoms with Crippen molar-refractivity contribution < 1.29 is 130 Å². The Labute approximate surface area is 781 Å². The first-order valence-electron chi connectivity index (χ1n) is 40.1. The van der Waals surface area contributed by atoms with E-state index in [-0.39, 0.29) is 90.6 Å². The van der Waals surface area contributed by atoms with Crippen molar-refractivity contribution in [2.75, 3.05) is 87.3 Å². The first-order valence-corrected chi connectivity index (χ1v) is 55.8. The summed E-state index contributed by atoms with van der Waals surface area (Å²) in [5.74, 6) is -0.591. The number of fused-ring (bicyclic) bond motifs is 13. The highest BCUT2D eigenvalue weighted by molar-refractivity contribution is 8.44. The zero-order valence-corrected chi connectivity index (χ0v) is 78.5. The topological polar surface area (TPSA) is 729 Å². The zero-order valence-electron chi connectivity index (χ0n) is 68.2. The molecule has 0 amide bonds. The van der Waals surface area contributed by atoms with Crippen LogP contribution in [0.1, 0.15) is 50.2 Å². The summed E-state index contributed by atoms with van der Waals surface area (Å²) in [4.78, 5) is 146. The summed E-state index contributed by atoms with van der Waals surface area (Å²) < 4.78 is 172. The molecule has 0 radical (unpaired) electrons. The molecule has 135 heavy (non-hydrogen) atoms. The predicted molar refractivity (Wildman–Crippen MR) is 480 cm³/mol. The maximum absolute atomic E-state index is 16.0. The van der Waals surface area contributed by atoms with E-state index in [1.54, 1.807) is 44.3 Å². The van der Waals surface area contributed by atoms with Gasteiger partial charge in [0.2, 0.25) is 17.8 Å². The van der Waals surface area contributed by atoms with Crippen LogP contribution in [-0.4, -0.2) is 271 Å². The van der Waals surface area contributed by atoms with Gasteiger partial charge in [0.25, 0.3) is 16.7 Å². The predicted octanol–water partition coefficient (Wildman–Crippen LogP) is 1.74. The molecule has 23 rings (SSSR count). The number of hydrogen-bond acceptors (Lipinski definition) is 46. The van der Waals surface area contributed by atoms with E-state index in [0.29, 0.717) is 45.0 Å². The van der Waals surface area contributed by atoms with Crippen LogP contribution in [0, 0.1) is 0 Å². The molecule has 20 N–H and O–H groups in total. The summed E-state index contributed by atoms with van der Waals surface area (Å²) in [6, 6.07) is 6.71. The number of hydrogen-bond donors (Lipinski definition) is 15. The molecule has 7 unspecified atom stereocenters. The third kappa shape index (κ3) is 17.5. The van der Waals surface area contributed by atoms with E-state index in [1.807, 2.05) is 6.07 Å². The number of rotatable bonds is 6. The van der Waals surface area contributed by atoms with E-state index < -0.39 is 218 Å². The second-order valence-corrected chi connectivity index (χ2v) is 48.9. The molecule has 11 fully saturated rings. The smallest absolute Gasteiger partial charge is 0.386 e. The molecule has 722 valence electrons. The maximum atomic E-state index is 16.0. The van der Waals surface area contributed by atoms with Crippen molar-refractivity contribution in [3.05, 3.63) is 112 Å². The Morgan fingerprint density at radius 3 is 1.29 bits per heavy atom. The van der Waals surface area contributed by atoms with Gasteiger partial charge in [-0.2, -0.15) is 15.0 Å². The Morgan fingerprint density at radius 2 is 0.815 bits per heavy atom. The molecular weight excluding hydrogens is 2040 g/mol. The summed E-state index contributed by atoms with van der Waals surface area (Å²) in [6.07, 6.45) is -10.3. The Bertz CT molecular complexity index is 6980. The highest BCUT2D eigenvalue weighted by Crippen LogP contribution is 2.63. The number of pyridine rings is 3. The van der Waals surface area contributed by atoms with Gasteiger partial charge in [0.15, 0.2) is 88.3 Å². The van der Waals surface area contributed by atoms with E-state index in [4.69, 9.17) is 186 Å². The minimum Gasteiger partial charge on any atom is -0.398 e. The van der Waals surface area contributed by atoms with Gasteiger partial charge in [-0.25, -0.2) is 53.2 Å². The average molecular weight is 2110 g/mol. The molecule has 0 spiro atoms. The van der Waals surface area contributed by atoms with Crippen LogP contribution >= 0.6 is 52.6 Å². The number of halogens is 2. The van der Waals surface area contributed by atoms with E-state index in [1.165, 1.54) is 57.7 Å². The first kappa shape index (κ1) is 93.8. The monoisotopic (exact) mass is 2110 g/mol. The SMILES string of the molecule is Nc1nc2c(ncn2[C@@H]2O[C@@H]3COP(O)(=S)O[C@H]4C[C@H](n5ccc6c(N)ccnc65)OC4COP(=O)(S)O[C@@H]2C3)c(=O)[nH]1.Nc1nc2c(ncn2[C@@H]2O[C@@H]3COP(O)(=S)O[C@H]4[C@H]5OC[C@]4(COP(O)(=S)O[C@@H]2[C@H]3F)O[C@H]5n2cnc3c(N)ccnc32)c(=O)[nH]1.Nc1nc2c(ncn2[C@@H]2O[C@@H]3COP(O)(=S)O[C@H]4[C@H]5OC[C@]4(COP(O)(=S)O[C@@H]2[C@H]3F)O[C@H]5n2cnc3c(N)ccnc32)c(=O)[nH]1. The lowest BCUT2D eigenvalue weighted by Crippen LogP contribution is -2.45. The van der Waals surface area contributed by atoms with E-state index in [9.17, 15) is 43.4 Å². The largest absolute Gasteiger partial charge is 0.398 e. The van der Waals surface area contributed by atoms with Crippen LogP contribution in [-0.2, 0) is 156 Å². The highest BCUT2D eigenvalue weighted by Gasteiger charge is 2.68. The Hall–Kier alpha value is -7.53. The molecule has 55 nitrogen and oxygen atoms in total. The van der Waals surface area contributed by atoms with Crippen molar-refractivity contribution in [1.82, 2.24) is 97.2 Å². The van der Waals surface area contributed by atoms with Gasteiger partial charge in [-0.15, -0.1) is 0 Å². The van der Waals surface area contributed by atoms with Crippen LogP contribution in [0.4, 0.5) is 43.7 Å². The summed E-state index contributed by atoms with van der Waals surface area (Å²) in [5, 5.41) is 0.743. The quantitative estimate of drug-likeness (QED) is 0.0833. The molecule has 10 bridgehead atoms. The lowest BCUT2D eigenvalue weighted by Gasteiger charge is -2.33.